The van der Waals surface area contributed by atoms with Crippen molar-refractivity contribution in [3.63, 3.8) is 0 Å². The average molecular weight is 198 g/mol. The van der Waals surface area contributed by atoms with E-state index in [0.717, 1.165) is 12.3 Å². The van der Waals surface area contributed by atoms with Crippen LogP contribution in [0.1, 0.15) is 12.1 Å². The van der Waals surface area contributed by atoms with Crippen LogP contribution in [0.3, 0.4) is 0 Å². The van der Waals surface area contributed by atoms with Gasteiger partial charge in [-0.05, 0) is 6.07 Å². The first-order valence-electron chi connectivity index (χ1n) is 2.70. The van der Waals surface area contributed by atoms with E-state index in [1.54, 1.807) is 0 Å². The minimum Gasteiger partial charge on any atom is -0.254 e. The van der Waals surface area contributed by atoms with Crippen LogP contribution in [0, 0.1) is 0 Å². The molecule has 1 aromatic heterocycles. The Labute approximate surface area is 72.0 Å². The molecule has 0 aliphatic carbocycles. The van der Waals surface area contributed by atoms with Gasteiger partial charge in [-0.15, -0.1) is 0 Å². The third-order valence-corrected chi connectivity index (χ3v) is 1.76. The molecule has 0 saturated carbocycles. The largest absolute Gasteiger partial charge is 0.280 e. The molecule has 0 radical (unpaired) electrons. The molecule has 0 aliphatic rings. The van der Waals surface area contributed by atoms with E-state index in [2.05, 4.69) is 4.98 Å². The summed E-state index contributed by atoms with van der Waals surface area (Å²) in [7, 11) is 0. The molecular formula is C6H3Cl2F2N. The van der Waals surface area contributed by atoms with Crippen molar-refractivity contribution < 1.29 is 8.78 Å². The summed E-state index contributed by atoms with van der Waals surface area (Å²) in [6.45, 7) is 0. The molecule has 0 spiro atoms. The third-order valence-electron chi connectivity index (χ3n) is 1.05. The molecule has 0 amide bonds. The first-order valence-corrected chi connectivity index (χ1v) is 3.46. The lowest BCUT2D eigenvalue weighted by Gasteiger charge is -1.99. The second-order valence-corrected chi connectivity index (χ2v) is 2.64. The van der Waals surface area contributed by atoms with E-state index < -0.39 is 6.43 Å². The molecule has 0 aromatic carbocycles. The highest BCUT2D eigenvalue weighted by Crippen LogP contribution is 2.25. The molecule has 0 saturated heterocycles. The smallest absolute Gasteiger partial charge is 0.254 e. The first kappa shape index (κ1) is 8.68. The van der Waals surface area contributed by atoms with Crippen LogP contribution in [0.15, 0.2) is 12.3 Å². The van der Waals surface area contributed by atoms with Gasteiger partial charge in [-0.2, -0.15) is 0 Å². The van der Waals surface area contributed by atoms with Gasteiger partial charge < -0.3 is 0 Å². The van der Waals surface area contributed by atoms with Crippen LogP contribution in [-0.4, -0.2) is 4.98 Å². The molecule has 1 aromatic rings. The topological polar surface area (TPSA) is 12.9 Å². The molecule has 0 unspecified atom stereocenters. The summed E-state index contributed by atoms with van der Waals surface area (Å²) in [5, 5.41) is 0.271. The Morgan fingerprint density at radius 2 is 1.91 bits per heavy atom. The molecule has 0 bridgehead atoms. The Balaban J connectivity index is 3.05. The van der Waals surface area contributed by atoms with E-state index in [9.17, 15) is 8.78 Å². The monoisotopic (exact) mass is 197 g/mol. The van der Waals surface area contributed by atoms with Gasteiger partial charge in [0.15, 0.2) is 0 Å². The van der Waals surface area contributed by atoms with Gasteiger partial charge in [0, 0.05) is 6.20 Å². The van der Waals surface area contributed by atoms with Crippen LogP contribution >= 0.6 is 23.2 Å². The SMILES string of the molecule is FC(F)c1cc(Cl)c(Cl)cn1. The van der Waals surface area contributed by atoms with Crippen molar-refractivity contribution in [2.75, 3.05) is 0 Å². The molecule has 11 heavy (non-hydrogen) atoms. The zero-order valence-corrected chi connectivity index (χ0v) is 6.70. The third kappa shape index (κ3) is 2.01. The van der Waals surface area contributed by atoms with E-state index in [4.69, 9.17) is 23.2 Å². The second-order valence-electron chi connectivity index (χ2n) is 1.82. The van der Waals surface area contributed by atoms with E-state index in [-0.39, 0.29) is 15.7 Å². The lowest BCUT2D eigenvalue weighted by molar-refractivity contribution is 0.146. The maximum absolute atomic E-state index is 11.9. The van der Waals surface area contributed by atoms with Crippen molar-refractivity contribution in [1.82, 2.24) is 4.98 Å². The summed E-state index contributed by atoms with van der Waals surface area (Å²) in [5.41, 5.74) is -0.362. The Morgan fingerprint density at radius 1 is 1.27 bits per heavy atom. The number of nitrogens with zero attached hydrogens (tertiary/aromatic N) is 1. The Morgan fingerprint density at radius 3 is 2.36 bits per heavy atom. The van der Waals surface area contributed by atoms with E-state index >= 15 is 0 Å². The summed E-state index contributed by atoms with van der Waals surface area (Å²) in [6.07, 6.45) is -1.50. The number of aromatic nitrogens is 1. The number of hydrogen-bond donors (Lipinski definition) is 0. The van der Waals surface area contributed by atoms with E-state index in [0.29, 0.717) is 0 Å². The second kappa shape index (κ2) is 3.32. The highest BCUT2D eigenvalue weighted by molar-refractivity contribution is 6.41. The molecule has 0 fully saturated rings. The highest BCUT2D eigenvalue weighted by atomic mass is 35.5. The van der Waals surface area contributed by atoms with Crippen molar-refractivity contribution in [3.05, 3.63) is 28.0 Å². The molecule has 60 valence electrons. The van der Waals surface area contributed by atoms with Crippen molar-refractivity contribution in [2.24, 2.45) is 0 Å². The Bertz CT molecular complexity index is 265. The normalized spacial score (nSPS) is 10.6. The Kier molecular flexibility index (Phi) is 2.62. The van der Waals surface area contributed by atoms with E-state index in [1.165, 1.54) is 0 Å². The number of rotatable bonds is 1. The van der Waals surface area contributed by atoms with Gasteiger partial charge in [-0.1, -0.05) is 23.2 Å². The standard InChI is InChI=1S/C6H3Cl2F2N/c7-3-1-5(6(9)10)11-2-4(3)8/h1-2,6H. The molecule has 0 atom stereocenters. The predicted octanol–water partition coefficient (Wildman–Crippen LogP) is 3.33. The van der Waals surface area contributed by atoms with Crippen LogP contribution in [-0.2, 0) is 0 Å². The number of pyridine rings is 1. The molecule has 5 heteroatoms. The summed E-state index contributed by atoms with van der Waals surface area (Å²) in [5.74, 6) is 0. The Hall–Kier alpha value is -0.410. The van der Waals surface area contributed by atoms with Gasteiger partial charge in [0.25, 0.3) is 6.43 Å². The van der Waals surface area contributed by atoms with Crippen molar-refractivity contribution >= 4 is 23.2 Å². The molecule has 0 aliphatic heterocycles. The van der Waals surface area contributed by atoms with Gasteiger partial charge in [-0.3, -0.25) is 4.98 Å². The minimum absolute atomic E-state index is 0.0944. The van der Waals surface area contributed by atoms with Gasteiger partial charge in [0.05, 0.1) is 10.0 Å². The van der Waals surface area contributed by atoms with Crippen LogP contribution < -0.4 is 0 Å². The van der Waals surface area contributed by atoms with Gasteiger partial charge in [-0.25, -0.2) is 8.78 Å². The first-order chi connectivity index (χ1) is 5.11. The summed E-state index contributed by atoms with van der Waals surface area (Å²) in [4.78, 5) is 3.37. The van der Waals surface area contributed by atoms with Gasteiger partial charge >= 0.3 is 0 Å². The highest BCUT2D eigenvalue weighted by Gasteiger charge is 2.09. The summed E-state index contributed by atoms with van der Waals surface area (Å²) >= 11 is 10.9. The maximum atomic E-state index is 11.9. The maximum Gasteiger partial charge on any atom is 0.280 e. The van der Waals surface area contributed by atoms with Crippen molar-refractivity contribution in [1.29, 1.82) is 0 Å². The van der Waals surface area contributed by atoms with Crippen LogP contribution in [0.5, 0.6) is 0 Å². The summed E-state index contributed by atoms with van der Waals surface area (Å²) in [6, 6.07) is 1.05. The quantitative estimate of drug-likeness (QED) is 0.674. The van der Waals surface area contributed by atoms with Gasteiger partial charge in [0.2, 0.25) is 0 Å². The van der Waals surface area contributed by atoms with Crippen molar-refractivity contribution in [2.45, 2.75) is 6.43 Å². The predicted molar refractivity (Wildman–Crippen MR) is 39.2 cm³/mol. The zero-order chi connectivity index (χ0) is 8.43. The zero-order valence-electron chi connectivity index (χ0n) is 5.19. The van der Waals surface area contributed by atoms with Crippen LogP contribution in [0.2, 0.25) is 10.0 Å². The lowest BCUT2D eigenvalue weighted by atomic mass is 10.4. The van der Waals surface area contributed by atoms with Crippen LogP contribution in [0.25, 0.3) is 0 Å². The molecule has 1 nitrogen and oxygen atoms in total. The minimum atomic E-state index is -2.61. The summed E-state index contributed by atoms with van der Waals surface area (Å²) < 4.78 is 23.8. The molecule has 0 N–H and O–H groups in total. The molecule has 1 heterocycles. The fourth-order valence-corrected chi connectivity index (χ4v) is 0.812. The number of alkyl halides is 2. The number of halogens is 4. The fraction of sp³-hybridized carbons (Fsp3) is 0.167. The van der Waals surface area contributed by atoms with Crippen molar-refractivity contribution in [3.8, 4) is 0 Å². The van der Waals surface area contributed by atoms with Crippen LogP contribution in [0.4, 0.5) is 8.78 Å². The lowest BCUT2D eigenvalue weighted by Crippen LogP contribution is -1.88. The molecule has 1 rings (SSSR count). The fourth-order valence-electron chi connectivity index (χ4n) is 0.548. The van der Waals surface area contributed by atoms with Gasteiger partial charge in [0.1, 0.15) is 5.69 Å². The molecular weight excluding hydrogens is 195 g/mol. The van der Waals surface area contributed by atoms with E-state index in [1.807, 2.05) is 0 Å². The average Bonchev–Trinajstić information content (AvgIpc) is 1.94. The number of hydrogen-bond acceptors (Lipinski definition) is 1.